The molecule has 0 unspecified atom stereocenters. The van der Waals surface area contributed by atoms with Crippen molar-refractivity contribution in [3.8, 4) is 78.0 Å². The van der Waals surface area contributed by atoms with E-state index in [0.29, 0.717) is 0 Å². The third-order valence-corrected chi connectivity index (χ3v) is 14.8. The Morgan fingerprint density at radius 3 is 1.74 bits per heavy atom. The Bertz CT molecular complexity index is 3450. The highest BCUT2D eigenvalue weighted by molar-refractivity contribution is 7.26. The largest absolute Gasteiger partial charge is 0.139 e. The topological polar surface area (TPSA) is 38.7 Å². The molecule has 0 amide bonds. The summed E-state index contributed by atoms with van der Waals surface area (Å²) in [6.07, 6.45) is 3.57. The van der Waals surface area contributed by atoms with Crippen molar-refractivity contribution in [3.63, 3.8) is 0 Å². The molecule has 2 aliphatic rings. The first kappa shape index (κ1) is 35.9. The Morgan fingerprint density at radius 1 is 0.443 bits per heavy atom. The van der Waals surface area contributed by atoms with Crippen molar-refractivity contribution in [3.05, 3.63) is 196 Å². The molecule has 0 spiro atoms. The van der Waals surface area contributed by atoms with Crippen molar-refractivity contribution >= 4 is 31.5 Å². The van der Waals surface area contributed by atoms with E-state index in [0.717, 1.165) is 29.7 Å². The molecule has 0 fully saturated rings. The molecule has 10 aromatic rings. The Kier molecular flexibility index (Phi) is 8.10. The fraction of sp³-hybridized carbons (Fsp3) is 0.105. The molecule has 2 heterocycles. The number of nitrogens with zero attached hydrogens (tertiary/aromatic N) is 3. The van der Waals surface area contributed by atoms with Gasteiger partial charge in [0.1, 0.15) is 0 Å². The van der Waals surface area contributed by atoms with Gasteiger partial charge in [0.05, 0.1) is 11.9 Å². The van der Waals surface area contributed by atoms with E-state index in [-0.39, 0.29) is 0 Å². The zero-order valence-corrected chi connectivity index (χ0v) is 35.4. The highest BCUT2D eigenvalue weighted by atomic mass is 32.1. The molecule has 3 nitrogen and oxygen atoms in total. The van der Waals surface area contributed by atoms with Gasteiger partial charge in [-0.15, -0.1) is 21.5 Å². The lowest BCUT2D eigenvalue weighted by molar-refractivity contribution is 0.871. The minimum Gasteiger partial charge on any atom is -0.139 e. The zero-order valence-electron chi connectivity index (χ0n) is 34.6. The molecule has 4 heteroatoms. The van der Waals surface area contributed by atoms with Gasteiger partial charge in [-0.2, -0.15) is 0 Å². The van der Waals surface area contributed by atoms with Crippen molar-refractivity contribution in [2.45, 2.75) is 40.5 Å². The van der Waals surface area contributed by atoms with Gasteiger partial charge in [0.2, 0.25) is 0 Å². The van der Waals surface area contributed by atoms with Gasteiger partial charge >= 0.3 is 0 Å². The zero-order chi connectivity index (χ0) is 40.9. The van der Waals surface area contributed by atoms with Crippen LogP contribution >= 0.6 is 11.3 Å². The van der Waals surface area contributed by atoms with Crippen molar-refractivity contribution < 1.29 is 0 Å². The average molecular weight is 800 g/mol. The van der Waals surface area contributed by atoms with Gasteiger partial charge in [-0.1, -0.05) is 127 Å². The molecule has 0 aliphatic heterocycles. The van der Waals surface area contributed by atoms with Gasteiger partial charge in [-0.05, 0) is 170 Å². The van der Waals surface area contributed by atoms with E-state index in [9.17, 15) is 0 Å². The van der Waals surface area contributed by atoms with Crippen LogP contribution in [0.15, 0.2) is 152 Å². The molecule has 0 atom stereocenters. The standard InChI is InChI=1S/C57H41N3S/c1-32-28-45-39-18-10-8-16-37(39)30-47(45)52(34(32)3)43-24-25-51-56(42-20-12-13-21-50(42)61-51)54(43)44-23-22-41(36-14-6-5-7-15-36)57(55(44)49-26-27-58-60-59-49)53-35(4)33(2)29-46-40-19-11-9-17-38(40)31-48(46)53/h5-29H,30-31H2,1-4H3. The van der Waals surface area contributed by atoms with Crippen LogP contribution in [-0.4, -0.2) is 15.4 Å². The first-order chi connectivity index (χ1) is 29.9. The van der Waals surface area contributed by atoms with Crippen molar-refractivity contribution in [2.75, 3.05) is 0 Å². The second-order valence-corrected chi connectivity index (χ2v) is 17.9. The summed E-state index contributed by atoms with van der Waals surface area (Å²) in [4.78, 5) is 0. The lowest BCUT2D eigenvalue weighted by Crippen LogP contribution is -2.03. The van der Waals surface area contributed by atoms with Crippen LogP contribution < -0.4 is 0 Å². The van der Waals surface area contributed by atoms with E-state index >= 15 is 0 Å². The molecule has 2 aromatic heterocycles. The second-order valence-electron chi connectivity index (χ2n) is 16.8. The van der Waals surface area contributed by atoms with Gasteiger partial charge in [0.15, 0.2) is 0 Å². The van der Waals surface area contributed by atoms with Crippen molar-refractivity contribution in [1.29, 1.82) is 0 Å². The number of aryl methyl sites for hydroxylation is 2. The van der Waals surface area contributed by atoms with Crippen LogP contribution in [0.2, 0.25) is 0 Å². The molecule has 12 rings (SSSR count). The van der Waals surface area contributed by atoms with E-state index < -0.39 is 0 Å². The fourth-order valence-corrected chi connectivity index (χ4v) is 11.7. The molecule has 8 aromatic carbocycles. The van der Waals surface area contributed by atoms with Crippen molar-refractivity contribution in [2.24, 2.45) is 0 Å². The lowest BCUT2D eigenvalue weighted by Gasteiger charge is -2.26. The third kappa shape index (κ3) is 5.38. The van der Waals surface area contributed by atoms with E-state index in [1.807, 2.05) is 11.3 Å². The molecule has 2 aliphatic carbocycles. The molecular weight excluding hydrogens is 759 g/mol. The molecular formula is C57H41N3S. The van der Waals surface area contributed by atoms with Crippen LogP contribution in [0.25, 0.3) is 98.2 Å². The number of thiophene rings is 1. The maximum Gasteiger partial charge on any atom is 0.0976 e. The van der Waals surface area contributed by atoms with Crippen LogP contribution in [-0.2, 0) is 12.8 Å². The first-order valence-electron chi connectivity index (χ1n) is 21.2. The first-order valence-corrected chi connectivity index (χ1v) is 22.0. The van der Waals surface area contributed by atoms with Crippen LogP contribution in [0.1, 0.15) is 44.5 Å². The highest BCUT2D eigenvalue weighted by Gasteiger charge is 2.32. The normalized spacial score (nSPS) is 12.5. The minimum absolute atomic E-state index is 0.809. The predicted octanol–water partition coefficient (Wildman–Crippen LogP) is 15.0. The van der Waals surface area contributed by atoms with E-state index in [1.54, 1.807) is 6.20 Å². The van der Waals surface area contributed by atoms with E-state index in [2.05, 4.69) is 184 Å². The summed E-state index contributed by atoms with van der Waals surface area (Å²) in [5.74, 6) is 0. The number of aromatic nitrogens is 3. The maximum absolute atomic E-state index is 4.93. The van der Waals surface area contributed by atoms with Crippen LogP contribution in [0.4, 0.5) is 0 Å². The Balaban J connectivity index is 1.28. The summed E-state index contributed by atoms with van der Waals surface area (Å²) >= 11 is 1.87. The molecule has 0 bridgehead atoms. The van der Waals surface area contributed by atoms with Gasteiger partial charge in [-0.25, -0.2) is 0 Å². The van der Waals surface area contributed by atoms with Crippen LogP contribution in [0.5, 0.6) is 0 Å². The summed E-state index contributed by atoms with van der Waals surface area (Å²) in [7, 11) is 0. The number of benzene rings is 8. The quantitative estimate of drug-likeness (QED) is 0.174. The van der Waals surface area contributed by atoms with E-state index in [4.69, 9.17) is 5.10 Å². The molecule has 290 valence electrons. The van der Waals surface area contributed by atoms with Crippen LogP contribution in [0.3, 0.4) is 0 Å². The highest BCUT2D eigenvalue weighted by Crippen LogP contribution is 2.56. The Hall–Kier alpha value is -7.01. The Labute approximate surface area is 360 Å². The third-order valence-electron chi connectivity index (χ3n) is 13.6. The monoisotopic (exact) mass is 799 g/mol. The summed E-state index contributed by atoms with van der Waals surface area (Å²) in [6.45, 7) is 9.19. The summed E-state index contributed by atoms with van der Waals surface area (Å²) < 4.78 is 2.56. The van der Waals surface area contributed by atoms with Gasteiger partial charge in [-0.3, -0.25) is 0 Å². The van der Waals surface area contributed by atoms with Crippen molar-refractivity contribution in [1.82, 2.24) is 15.4 Å². The van der Waals surface area contributed by atoms with Gasteiger partial charge < -0.3 is 0 Å². The Morgan fingerprint density at radius 2 is 1.03 bits per heavy atom. The minimum atomic E-state index is 0.809. The lowest BCUT2D eigenvalue weighted by atomic mass is 9.77. The average Bonchev–Trinajstić information content (AvgIpc) is 3.98. The number of hydrogen-bond acceptors (Lipinski definition) is 4. The second kappa shape index (κ2) is 13.8. The number of rotatable bonds is 5. The van der Waals surface area contributed by atoms with Gasteiger partial charge in [0, 0.05) is 31.3 Å². The van der Waals surface area contributed by atoms with Crippen LogP contribution in [0, 0.1) is 27.7 Å². The van der Waals surface area contributed by atoms with E-state index in [1.165, 1.54) is 126 Å². The number of fused-ring (bicyclic) bond motifs is 9. The summed E-state index contributed by atoms with van der Waals surface area (Å²) in [5.41, 5.74) is 27.7. The SMILES string of the molecule is Cc1cc2c(c(-c3ccc4sc5ccccc5c4c3-c3ccc(-c4ccccc4)c(-c4c(C)c(C)cc5c4Cc4ccccc4-5)c3-c3ccnnn3)c1C)Cc1ccccc1-2. The fourth-order valence-electron chi connectivity index (χ4n) is 10.6. The van der Waals surface area contributed by atoms with Gasteiger partial charge in [0.25, 0.3) is 0 Å². The molecule has 61 heavy (non-hydrogen) atoms. The molecule has 0 radical (unpaired) electrons. The molecule has 0 saturated heterocycles. The predicted molar refractivity (Wildman–Crippen MR) is 255 cm³/mol. The maximum atomic E-state index is 4.93. The summed E-state index contributed by atoms with van der Waals surface area (Å²) in [5, 5.41) is 16.1. The number of hydrogen-bond donors (Lipinski definition) is 0. The molecule has 0 N–H and O–H groups in total. The smallest absolute Gasteiger partial charge is 0.0976 e. The summed E-state index contributed by atoms with van der Waals surface area (Å²) in [6, 6.07) is 54.2. The molecule has 0 saturated carbocycles.